The van der Waals surface area contributed by atoms with E-state index in [-0.39, 0.29) is 5.92 Å². The smallest absolute Gasteiger partial charge is 0.0711 e. The van der Waals surface area contributed by atoms with Crippen LogP contribution < -0.4 is 0 Å². The van der Waals surface area contributed by atoms with Crippen molar-refractivity contribution in [3.05, 3.63) is 173 Å². The number of pyridine rings is 1. The molecule has 196 valence electrons. The van der Waals surface area contributed by atoms with Gasteiger partial charge in [-0.2, -0.15) is 0 Å². The number of fused-ring (bicyclic) bond motifs is 3. The Balaban J connectivity index is 1.35. The standard InChI is InChI=1S/C39H28BrN/c40-33-23-21-29(22-24-33)28-17-19-30(20-18-28)37(32-12-8-11-31(25-32)27-9-2-1-3-10-27)26-39-36-15-5-4-13-34(36)35-14-6-7-16-38(35)41-39/h1-25,37H,26H2. The van der Waals surface area contributed by atoms with Crippen molar-refractivity contribution >= 4 is 37.6 Å². The van der Waals surface area contributed by atoms with E-state index in [0.29, 0.717) is 0 Å². The number of para-hydroxylation sites is 1. The molecule has 7 aromatic rings. The van der Waals surface area contributed by atoms with E-state index in [1.807, 2.05) is 0 Å². The van der Waals surface area contributed by atoms with E-state index < -0.39 is 0 Å². The van der Waals surface area contributed by atoms with Crippen LogP contribution in [0.15, 0.2) is 156 Å². The predicted octanol–water partition coefficient (Wildman–Crippen LogP) is 10.9. The summed E-state index contributed by atoms with van der Waals surface area (Å²) in [5, 5.41) is 3.69. The molecule has 41 heavy (non-hydrogen) atoms. The minimum absolute atomic E-state index is 0.148. The Labute approximate surface area is 249 Å². The average molecular weight is 591 g/mol. The van der Waals surface area contributed by atoms with Crippen LogP contribution in [0.1, 0.15) is 22.7 Å². The summed E-state index contributed by atoms with van der Waals surface area (Å²) in [6.45, 7) is 0. The van der Waals surface area contributed by atoms with Gasteiger partial charge in [-0.05, 0) is 57.0 Å². The van der Waals surface area contributed by atoms with Gasteiger partial charge in [-0.1, -0.05) is 149 Å². The maximum atomic E-state index is 5.24. The van der Waals surface area contributed by atoms with E-state index in [1.165, 1.54) is 49.5 Å². The quantitative estimate of drug-likeness (QED) is 0.176. The zero-order chi connectivity index (χ0) is 27.6. The molecule has 0 aliphatic carbocycles. The van der Waals surface area contributed by atoms with Gasteiger partial charge >= 0.3 is 0 Å². The zero-order valence-corrected chi connectivity index (χ0v) is 24.1. The van der Waals surface area contributed by atoms with Crippen molar-refractivity contribution in [2.24, 2.45) is 0 Å². The molecule has 7 rings (SSSR count). The molecule has 0 aliphatic heterocycles. The zero-order valence-electron chi connectivity index (χ0n) is 22.5. The van der Waals surface area contributed by atoms with Crippen molar-refractivity contribution in [1.29, 1.82) is 0 Å². The van der Waals surface area contributed by atoms with Gasteiger partial charge in [-0.15, -0.1) is 0 Å². The molecule has 6 aromatic carbocycles. The van der Waals surface area contributed by atoms with Crippen LogP contribution in [0.5, 0.6) is 0 Å². The van der Waals surface area contributed by atoms with Crippen LogP contribution >= 0.6 is 15.9 Å². The Morgan fingerprint density at radius 1 is 0.463 bits per heavy atom. The number of hydrogen-bond acceptors (Lipinski definition) is 1. The number of benzene rings is 6. The first-order valence-corrected chi connectivity index (χ1v) is 14.8. The molecule has 0 spiro atoms. The summed E-state index contributed by atoms with van der Waals surface area (Å²) >= 11 is 3.55. The summed E-state index contributed by atoms with van der Waals surface area (Å²) in [5.41, 5.74) is 9.65. The van der Waals surface area contributed by atoms with Crippen molar-refractivity contribution in [3.8, 4) is 22.3 Å². The second-order valence-electron chi connectivity index (χ2n) is 10.5. The summed E-state index contributed by atoms with van der Waals surface area (Å²) in [4.78, 5) is 5.24. The van der Waals surface area contributed by atoms with E-state index in [0.717, 1.165) is 22.1 Å². The Morgan fingerprint density at radius 3 is 1.80 bits per heavy atom. The Kier molecular flexibility index (Phi) is 6.92. The van der Waals surface area contributed by atoms with Crippen molar-refractivity contribution in [1.82, 2.24) is 4.98 Å². The summed E-state index contributed by atoms with van der Waals surface area (Å²) in [7, 11) is 0. The largest absolute Gasteiger partial charge is 0.252 e. The Hall–Kier alpha value is -4.53. The normalized spacial score (nSPS) is 12.0. The van der Waals surface area contributed by atoms with Crippen molar-refractivity contribution in [2.45, 2.75) is 12.3 Å². The first-order valence-electron chi connectivity index (χ1n) is 14.0. The fraction of sp³-hybridized carbons (Fsp3) is 0.0513. The molecule has 1 unspecified atom stereocenters. The predicted molar refractivity (Wildman–Crippen MR) is 176 cm³/mol. The minimum atomic E-state index is 0.148. The number of nitrogens with zero attached hydrogens (tertiary/aromatic N) is 1. The van der Waals surface area contributed by atoms with E-state index in [9.17, 15) is 0 Å². The fourth-order valence-electron chi connectivity index (χ4n) is 5.87. The number of rotatable bonds is 6. The molecule has 1 nitrogen and oxygen atoms in total. The molecule has 0 saturated heterocycles. The van der Waals surface area contributed by atoms with E-state index in [1.54, 1.807) is 0 Å². The second-order valence-corrected chi connectivity index (χ2v) is 11.4. The minimum Gasteiger partial charge on any atom is -0.252 e. The topological polar surface area (TPSA) is 12.9 Å². The van der Waals surface area contributed by atoms with Gasteiger partial charge in [0.1, 0.15) is 0 Å². The molecule has 0 amide bonds. The maximum absolute atomic E-state index is 5.24. The highest BCUT2D eigenvalue weighted by Crippen LogP contribution is 2.35. The molecule has 1 aromatic heterocycles. The lowest BCUT2D eigenvalue weighted by molar-refractivity contribution is 0.793. The number of hydrogen-bond donors (Lipinski definition) is 0. The third-order valence-electron chi connectivity index (χ3n) is 7.97. The van der Waals surface area contributed by atoms with Gasteiger partial charge in [0.15, 0.2) is 0 Å². The summed E-state index contributed by atoms with van der Waals surface area (Å²) < 4.78 is 1.09. The summed E-state index contributed by atoms with van der Waals surface area (Å²) in [5.74, 6) is 0.148. The molecular weight excluding hydrogens is 562 g/mol. The number of aromatic nitrogens is 1. The molecule has 0 radical (unpaired) electrons. The molecule has 2 heteroatoms. The molecule has 0 bridgehead atoms. The van der Waals surface area contributed by atoms with Crippen LogP contribution in [0.4, 0.5) is 0 Å². The monoisotopic (exact) mass is 589 g/mol. The van der Waals surface area contributed by atoms with Gasteiger partial charge in [-0.3, -0.25) is 4.98 Å². The lowest BCUT2D eigenvalue weighted by Crippen LogP contribution is -2.08. The lowest BCUT2D eigenvalue weighted by atomic mass is 9.84. The van der Waals surface area contributed by atoms with Crippen LogP contribution in [-0.4, -0.2) is 4.98 Å². The first-order chi connectivity index (χ1) is 20.2. The van der Waals surface area contributed by atoms with E-state index in [4.69, 9.17) is 4.98 Å². The van der Waals surface area contributed by atoms with Crippen LogP contribution in [0.25, 0.3) is 43.9 Å². The molecular formula is C39H28BrN. The third-order valence-corrected chi connectivity index (χ3v) is 8.50. The average Bonchev–Trinajstić information content (AvgIpc) is 3.04. The van der Waals surface area contributed by atoms with Crippen LogP contribution in [0.3, 0.4) is 0 Å². The lowest BCUT2D eigenvalue weighted by Gasteiger charge is -2.21. The highest BCUT2D eigenvalue weighted by Gasteiger charge is 2.19. The molecule has 0 aliphatic rings. The van der Waals surface area contributed by atoms with Gasteiger partial charge in [0.05, 0.1) is 5.52 Å². The van der Waals surface area contributed by atoms with E-state index in [2.05, 4.69) is 168 Å². The van der Waals surface area contributed by atoms with E-state index >= 15 is 0 Å². The molecule has 0 saturated carbocycles. The summed E-state index contributed by atoms with van der Waals surface area (Å²) in [6, 6.07) is 54.4. The van der Waals surface area contributed by atoms with Crippen molar-refractivity contribution < 1.29 is 0 Å². The molecule has 0 N–H and O–H groups in total. The van der Waals surface area contributed by atoms with Crippen LogP contribution in [0.2, 0.25) is 0 Å². The van der Waals surface area contributed by atoms with Crippen LogP contribution in [-0.2, 0) is 6.42 Å². The molecule has 1 atom stereocenters. The highest BCUT2D eigenvalue weighted by molar-refractivity contribution is 9.10. The summed E-state index contributed by atoms with van der Waals surface area (Å²) in [6.07, 6.45) is 0.807. The van der Waals surface area contributed by atoms with Gasteiger partial charge in [0.2, 0.25) is 0 Å². The van der Waals surface area contributed by atoms with Crippen molar-refractivity contribution in [3.63, 3.8) is 0 Å². The van der Waals surface area contributed by atoms with Gasteiger partial charge in [0.25, 0.3) is 0 Å². The SMILES string of the molecule is Brc1ccc(-c2ccc(C(Cc3nc4ccccc4c4ccccc34)c3cccc(-c4ccccc4)c3)cc2)cc1. The highest BCUT2D eigenvalue weighted by atomic mass is 79.9. The van der Waals surface area contributed by atoms with Gasteiger partial charge in [-0.25, -0.2) is 0 Å². The molecule has 0 fully saturated rings. The fourth-order valence-corrected chi connectivity index (χ4v) is 6.13. The molecule has 1 heterocycles. The van der Waals surface area contributed by atoms with Gasteiger partial charge in [0, 0.05) is 33.3 Å². The second kappa shape index (κ2) is 11.2. The maximum Gasteiger partial charge on any atom is 0.0711 e. The Morgan fingerprint density at radius 2 is 1.05 bits per heavy atom. The van der Waals surface area contributed by atoms with Crippen LogP contribution in [0, 0.1) is 0 Å². The van der Waals surface area contributed by atoms with Crippen molar-refractivity contribution in [2.75, 3.05) is 0 Å². The Bertz CT molecular complexity index is 1960. The number of halogens is 1. The first kappa shape index (κ1) is 25.4. The van der Waals surface area contributed by atoms with Gasteiger partial charge < -0.3 is 0 Å². The third kappa shape index (κ3) is 5.19.